The molecule has 28 heavy (non-hydrogen) atoms. The van der Waals surface area contributed by atoms with Crippen molar-refractivity contribution in [2.75, 3.05) is 19.4 Å². The van der Waals surface area contributed by atoms with Gasteiger partial charge in [0.2, 0.25) is 0 Å². The number of carbonyl (C=O) groups excluding carboxylic acids is 1. The largest absolute Gasteiger partial charge is 0.345 e. The lowest BCUT2D eigenvalue weighted by Gasteiger charge is -2.15. The lowest BCUT2D eigenvalue weighted by molar-refractivity contribution is 0.0827. The third-order valence-electron chi connectivity index (χ3n) is 4.25. The lowest BCUT2D eigenvalue weighted by atomic mass is 10.1. The summed E-state index contributed by atoms with van der Waals surface area (Å²) >= 11 is 6.20. The van der Waals surface area contributed by atoms with E-state index >= 15 is 0 Å². The van der Waals surface area contributed by atoms with Crippen LogP contribution >= 0.6 is 11.6 Å². The number of halogens is 3. The number of anilines is 1. The summed E-state index contributed by atoms with van der Waals surface area (Å²) in [6.45, 7) is 0. The van der Waals surface area contributed by atoms with E-state index in [1.807, 2.05) is 0 Å². The molecule has 4 rings (SSSR count). The first-order chi connectivity index (χ1) is 13.4. The fraction of sp³-hybridized carbons (Fsp3) is 0.105. The smallest absolute Gasteiger partial charge is 0.253 e. The molecular formula is C19H14ClF2N5O. The van der Waals surface area contributed by atoms with Gasteiger partial charge in [0.25, 0.3) is 5.91 Å². The van der Waals surface area contributed by atoms with E-state index < -0.39 is 11.6 Å². The molecule has 0 unspecified atom stereocenters. The van der Waals surface area contributed by atoms with Crippen molar-refractivity contribution in [3.8, 4) is 5.69 Å². The zero-order valence-electron chi connectivity index (χ0n) is 14.9. The van der Waals surface area contributed by atoms with Crippen molar-refractivity contribution >= 4 is 34.8 Å². The van der Waals surface area contributed by atoms with E-state index in [2.05, 4.69) is 15.4 Å². The minimum Gasteiger partial charge on any atom is -0.345 e. The van der Waals surface area contributed by atoms with E-state index in [0.717, 1.165) is 12.1 Å². The van der Waals surface area contributed by atoms with Gasteiger partial charge in [-0.3, -0.25) is 4.79 Å². The highest BCUT2D eigenvalue weighted by atomic mass is 35.5. The summed E-state index contributed by atoms with van der Waals surface area (Å²) in [6, 6.07) is 8.42. The zero-order chi connectivity index (χ0) is 20.0. The molecular weight excluding hydrogens is 388 g/mol. The van der Waals surface area contributed by atoms with Gasteiger partial charge in [-0.2, -0.15) is 5.10 Å². The standard InChI is InChI=1S/C19H14ClF2N5O/c1-26(2)19(28)10-6-7-14-15(8-10)27-18(11(20)9-23-27)25-17(24-14)16-12(21)4-3-5-13(16)22/h3-9H,1-2H3,(H,24,25). The second kappa shape index (κ2) is 6.72. The number of benzene rings is 2. The van der Waals surface area contributed by atoms with Crippen molar-refractivity contribution in [2.45, 2.75) is 0 Å². The molecule has 0 spiro atoms. The van der Waals surface area contributed by atoms with E-state index in [9.17, 15) is 13.6 Å². The first kappa shape index (κ1) is 18.1. The van der Waals surface area contributed by atoms with Crippen LogP contribution in [0, 0.1) is 11.6 Å². The maximum Gasteiger partial charge on any atom is 0.253 e. The van der Waals surface area contributed by atoms with Crippen molar-refractivity contribution in [3.63, 3.8) is 0 Å². The molecule has 0 radical (unpaired) electrons. The van der Waals surface area contributed by atoms with Gasteiger partial charge in [0.05, 0.1) is 23.1 Å². The van der Waals surface area contributed by atoms with E-state index in [0.29, 0.717) is 16.9 Å². The molecule has 1 amide bonds. The first-order valence-electron chi connectivity index (χ1n) is 8.26. The van der Waals surface area contributed by atoms with Gasteiger partial charge in [0, 0.05) is 19.7 Å². The minimum absolute atomic E-state index is 0.0512. The molecule has 1 aliphatic rings. The van der Waals surface area contributed by atoms with E-state index in [1.54, 1.807) is 32.3 Å². The van der Waals surface area contributed by atoms with Crippen LogP contribution in [0.2, 0.25) is 5.02 Å². The molecule has 0 aliphatic carbocycles. The predicted molar refractivity (Wildman–Crippen MR) is 103 cm³/mol. The Labute approximate surface area is 164 Å². The molecule has 6 nitrogen and oxygen atoms in total. The normalized spacial score (nSPS) is 12.4. The number of amides is 1. The third-order valence-corrected chi connectivity index (χ3v) is 4.52. The topological polar surface area (TPSA) is 62.5 Å². The molecule has 1 aliphatic heterocycles. The number of nitrogens with zero attached hydrogens (tertiary/aromatic N) is 4. The van der Waals surface area contributed by atoms with Crippen LogP contribution in [0.5, 0.6) is 0 Å². The molecule has 2 aromatic carbocycles. The SMILES string of the molecule is CN(C)C(=O)c1ccc2c(c1)-n1ncc(Cl)c1N=C(c1c(F)cccc1F)N2. The Morgan fingerprint density at radius 2 is 1.89 bits per heavy atom. The van der Waals surface area contributed by atoms with Crippen molar-refractivity contribution < 1.29 is 13.6 Å². The van der Waals surface area contributed by atoms with Gasteiger partial charge in [0.1, 0.15) is 22.5 Å². The Morgan fingerprint density at radius 3 is 2.57 bits per heavy atom. The van der Waals surface area contributed by atoms with Gasteiger partial charge in [-0.15, -0.1) is 0 Å². The molecule has 0 atom stereocenters. The van der Waals surface area contributed by atoms with E-state index in [4.69, 9.17) is 11.6 Å². The fourth-order valence-corrected chi connectivity index (χ4v) is 3.07. The summed E-state index contributed by atoms with van der Waals surface area (Å²) in [4.78, 5) is 18.1. The number of aromatic nitrogens is 2. The number of amidine groups is 1. The number of carbonyl (C=O) groups is 1. The average molecular weight is 402 g/mol. The van der Waals surface area contributed by atoms with Crippen LogP contribution in [-0.2, 0) is 0 Å². The molecule has 142 valence electrons. The zero-order valence-corrected chi connectivity index (χ0v) is 15.6. The van der Waals surface area contributed by atoms with Crippen molar-refractivity contribution in [2.24, 2.45) is 4.99 Å². The fourth-order valence-electron chi connectivity index (χ4n) is 2.91. The second-order valence-electron chi connectivity index (χ2n) is 6.34. The monoisotopic (exact) mass is 401 g/mol. The third kappa shape index (κ3) is 2.91. The highest BCUT2D eigenvalue weighted by Crippen LogP contribution is 2.35. The maximum absolute atomic E-state index is 14.3. The number of nitrogens with one attached hydrogen (secondary N) is 1. The van der Waals surface area contributed by atoms with Crippen molar-refractivity contribution in [3.05, 3.63) is 70.4 Å². The van der Waals surface area contributed by atoms with Crippen LogP contribution in [-0.4, -0.2) is 40.5 Å². The Bertz CT molecular complexity index is 1120. The number of aliphatic imine (C=N–C) groups is 1. The number of fused-ring (bicyclic) bond motifs is 3. The molecule has 1 N–H and O–H groups in total. The highest BCUT2D eigenvalue weighted by Gasteiger charge is 2.24. The van der Waals surface area contributed by atoms with Crippen LogP contribution in [0.1, 0.15) is 15.9 Å². The number of hydrogen-bond donors (Lipinski definition) is 1. The number of rotatable bonds is 2. The number of hydrogen-bond acceptors (Lipinski definition) is 4. The van der Waals surface area contributed by atoms with Gasteiger partial charge >= 0.3 is 0 Å². The molecule has 2 heterocycles. The Kier molecular flexibility index (Phi) is 4.35. The molecule has 3 aromatic rings. The van der Waals surface area contributed by atoms with Crippen LogP contribution < -0.4 is 5.32 Å². The molecule has 1 aromatic heterocycles. The lowest BCUT2D eigenvalue weighted by Crippen LogP contribution is -2.22. The molecule has 0 fully saturated rings. The predicted octanol–water partition coefficient (Wildman–Crippen LogP) is 4.01. The maximum atomic E-state index is 14.3. The Balaban J connectivity index is 1.93. The van der Waals surface area contributed by atoms with Crippen LogP contribution in [0.4, 0.5) is 20.3 Å². The molecule has 0 saturated carbocycles. The van der Waals surface area contributed by atoms with Gasteiger partial charge in [0.15, 0.2) is 5.82 Å². The van der Waals surface area contributed by atoms with Crippen LogP contribution in [0.15, 0.2) is 47.6 Å². The van der Waals surface area contributed by atoms with Crippen LogP contribution in [0.25, 0.3) is 5.69 Å². The summed E-state index contributed by atoms with van der Waals surface area (Å²) in [5.41, 5.74) is 1.05. The quantitative estimate of drug-likeness (QED) is 0.705. The summed E-state index contributed by atoms with van der Waals surface area (Å²) in [5.74, 6) is -1.59. The highest BCUT2D eigenvalue weighted by molar-refractivity contribution is 6.33. The average Bonchev–Trinajstić information content (AvgIpc) is 2.93. The summed E-state index contributed by atoms with van der Waals surface area (Å²) < 4.78 is 30.1. The molecule has 9 heteroatoms. The Morgan fingerprint density at radius 1 is 1.18 bits per heavy atom. The Hall–Kier alpha value is -3.26. The summed E-state index contributed by atoms with van der Waals surface area (Å²) in [5, 5.41) is 7.34. The van der Waals surface area contributed by atoms with Gasteiger partial charge in [-0.05, 0) is 30.3 Å². The van der Waals surface area contributed by atoms with E-state index in [-0.39, 0.29) is 28.1 Å². The molecule has 0 saturated heterocycles. The summed E-state index contributed by atoms with van der Waals surface area (Å²) in [7, 11) is 3.29. The van der Waals surface area contributed by atoms with E-state index in [1.165, 1.54) is 21.8 Å². The van der Waals surface area contributed by atoms with Gasteiger partial charge in [-0.1, -0.05) is 17.7 Å². The van der Waals surface area contributed by atoms with Crippen molar-refractivity contribution in [1.29, 1.82) is 0 Å². The second-order valence-corrected chi connectivity index (χ2v) is 6.75. The van der Waals surface area contributed by atoms with Crippen molar-refractivity contribution in [1.82, 2.24) is 14.7 Å². The van der Waals surface area contributed by atoms with Gasteiger partial charge in [-0.25, -0.2) is 18.5 Å². The van der Waals surface area contributed by atoms with Gasteiger partial charge < -0.3 is 10.2 Å². The van der Waals surface area contributed by atoms with Crippen LogP contribution in [0.3, 0.4) is 0 Å². The summed E-state index contributed by atoms with van der Waals surface area (Å²) in [6.07, 6.45) is 1.38. The minimum atomic E-state index is -0.767. The molecule has 0 bridgehead atoms. The first-order valence-corrected chi connectivity index (χ1v) is 8.64.